The number of carbonyl (C=O) groups excluding carboxylic acids is 1. The van der Waals surface area contributed by atoms with Gasteiger partial charge in [0.2, 0.25) is 6.41 Å². The van der Waals surface area contributed by atoms with Gasteiger partial charge in [0.1, 0.15) is 0 Å². The van der Waals surface area contributed by atoms with Crippen LogP contribution >= 0.6 is 0 Å². The fraction of sp³-hybridized carbons (Fsp3) is 0.125. The van der Waals surface area contributed by atoms with Gasteiger partial charge in [-0.15, -0.1) is 0 Å². The molecule has 0 aromatic carbocycles. The van der Waals surface area contributed by atoms with Gasteiger partial charge in [0.05, 0.1) is 5.71 Å². The van der Waals surface area contributed by atoms with E-state index in [1.807, 2.05) is 12.1 Å². The Bertz CT molecular complexity index is 282. The summed E-state index contributed by atoms with van der Waals surface area (Å²) >= 11 is 0. The van der Waals surface area contributed by atoms with Gasteiger partial charge in [-0.3, -0.25) is 9.78 Å². The molecule has 4 heteroatoms. The maximum Gasteiger partial charge on any atom is 0.227 e. The molecule has 0 aliphatic rings. The number of nitrogens with zero attached hydrogens (tertiary/aromatic N) is 2. The summed E-state index contributed by atoms with van der Waals surface area (Å²) in [6, 6.07) is 3.69. The molecular formula is C8H9N3O. The van der Waals surface area contributed by atoms with Crippen LogP contribution in [-0.4, -0.2) is 17.1 Å². The number of aromatic nitrogens is 1. The van der Waals surface area contributed by atoms with Crippen molar-refractivity contribution in [3.05, 3.63) is 30.1 Å². The highest BCUT2D eigenvalue weighted by molar-refractivity contribution is 5.98. The first-order valence-corrected chi connectivity index (χ1v) is 3.48. The number of amides is 1. The minimum atomic E-state index is 0.528. The maximum absolute atomic E-state index is 9.91. The second-order valence-electron chi connectivity index (χ2n) is 2.19. The SMILES string of the molecule is C/C(=N/NC=O)c1cccnc1. The summed E-state index contributed by atoms with van der Waals surface area (Å²) in [6.07, 6.45) is 3.90. The molecule has 0 saturated carbocycles. The van der Waals surface area contributed by atoms with Gasteiger partial charge in [0.15, 0.2) is 0 Å². The van der Waals surface area contributed by atoms with E-state index in [2.05, 4.69) is 15.5 Å². The molecule has 12 heavy (non-hydrogen) atoms. The summed E-state index contributed by atoms with van der Waals surface area (Å²) in [5.74, 6) is 0. The van der Waals surface area contributed by atoms with Crippen molar-refractivity contribution >= 4 is 12.1 Å². The Morgan fingerprint density at radius 3 is 3.17 bits per heavy atom. The Morgan fingerprint density at radius 1 is 1.75 bits per heavy atom. The lowest BCUT2D eigenvalue weighted by atomic mass is 10.2. The molecule has 0 unspecified atom stereocenters. The number of hydrazone groups is 1. The molecule has 1 aromatic rings. The highest BCUT2D eigenvalue weighted by Gasteiger charge is 1.94. The van der Waals surface area contributed by atoms with Crippen molar-refractivity contribution in [3.8, 4) is 0 Å². The van der Waals surface area contributed by atoms with E-state index < -0.39 is 0 Å². The van der Waals surface area contributed by atoms with Gasteiger partial charge in [-0.25, -0.2) is 5.43 Å². The standard InChI is InChI=1S/C8H9N3O/c1-7(11-10-6-12)8-3-2-4-9-5-8/h2-6H,1H3,(H,10,12)/b11-7-. The lowest BCUT2D eigenvalue weighted by Crippen LogP contribution is -2.06. The molecule has 0 aliphatic carbocycles. The molecule has 0 atom stereocenters. The van der Waals surface area contributed by atoms with Crippen LogP contribution in [0.1, 0.15) is 12.5 Å². The van der Waals surface area contributed by atoms with Crippen LogP contribution in [0.4, 0.5) is 0 Å². The number of hydrogen-bond acceptors (Lipinski definition) is 3. The average Bonchev–Trinajstić information content (AvgIpc) is 2.15. The Kier molecular flexibility index (Phi) is 2.95. The Labute approximate surface area is 70.3 Å². The van der Waals surface area contributed by atoms with Crippen LogP contribution in [0.3, 0.4) is 0 Å². The minimum absolute atomic E-state index is 0.528. The van der Waals surface area contributed by atoms with Crippen LogP contribution in [0.2, 0.25) is 0 Å². The third kappa shape index (κ3) is 2.16. The normalized spacial score (nSPS) is 10.9. The summed E-state index contributed by atoms with van der Waals surface area (Å²) < 4.78 is 0. The number of pyridine rings is 1. The van der Waals surface area contributed by atoms with Crippen molar-refractivity contribution in [3.63, 3.8) is 0 Å². The van der Waals surface area contributed by atoms with Crippen molar-refractivity contribution in [2.75, 3.05) is 0 Å². The molecule has 0 saturated heterocycles. The molecule has 0 spiro atoms. The number of carbonyl (C=O) groups is 1. The van der Waals surface area contributed by atoms with E-state index in [0.717, 1.165) is 11.3 Å². The second-order valence-corrected chi connectivity index (χ2v) is 2.19. The largest absolute Gasteiger partial charge is 0.277 e. The zero-order chi connectivity index (χ0) is 8.81. The van der Waals surface area contributed by atoms with E-state index in [1.54, 1.807) is 19.3 Å². The second kappa shape index (κ2) is 4.23. The van der Waals surface area contributed by atoms with Crippen molar-refractivity contribution in [2.24, 2.45) is 5.10 Å². The van der Waals surface area contributed by atoms with E-state index in [4.69, 9.17) is 0 Å². The summed E-state index contributed by atoms with van der Waals surface area (Å²) in [7, 11) is 0. The summed E-state index contributed by atoms with van der Waals surface area (Å²) in [4.78, 5) is 13.8. The first kappa shape index (κ1) is 8.39. The van der Waals surface area contributed by atoms with Crippen LogP contribution in [0.5, 0.6) is 0 Å². The van der Waals surface area contributed by atoms with E-state index in [-0.39, 0.29) is 0 Å². The summed E-state index contributed by atoms with van der Waals surface area (Å²) in [6.45, 7) is 1.80. The first-order chi connectivity index (χ1) is 5.84. The maximum atomic E-state index is 9.91. The predicted molar refractivity (Wildman–Crippen MR) is 45.6 cm³/mol. The van der Waals surface area contributed by atoms with E-state index in [1.165, 1.54) is 0 Å². The highest BCUT2D eigenvalue weighted by Crippen LogP contribution is 1.96. The smallest absolute Gasteiger partial charge is 0.227 e. The molecule has 0 fully saturated rings. The van der Waals surface area contributed by atoms with Gasteiger partial charge in [-0.05, 0) is 13.0 Å². The van der Waals surface area contributed by atoms with Gasteiger partial charge in [0, 0.05) is 18.0 Å². The zero-order valence-corrected chi connectivity index (χ0v) is 6.69. The molecule has 1 heterocycles. The first-order valence-electron chi connectivity index (χ1n) is 3.48. The number of rotatable bonds is 3. The molecule has 4 nitrogen and oxygen atoms in total. The number of hydrogen-bond donors (Lipinski definition) is 1. The molecular weight excluding hydrogens is 154 g/mol. The summed E-state index contributed by atoms with van der Waals surface area (Å²) in [5.41, 5.74) is 3.85. The van der Waals surface area contributed by atoms with Crippen LogP contribution in [-0.2, 0) is 4.79 Å². The van der Waals surface area contributed by atoms with Gasteiger partial charge in [-0.1, -0.05) is 6.07 Å². The van der Waals surface area contributed by atoms with E-state index in [9.17, 15) is 4.79 Å². The highest BCUT2D eigenvalue weighted by atomic mass is 16.1. The van der Waals surface area contributed by atoms with Gasteiger partial charge in [0.25, 0.3) is 0 Å². The van der Waals surface area contributed by atoms with Crippen LogP contribution in [0, 0.1) is 0 Å². The molecule has 1 amide bonds. The zero-order valence-electron chi connectivity index (χ0n) is 6.69. The lowest BCUT2D eigenvalue weighted by Gasteiger charge is -1.96. The Morgan fingerprint density at radius 2 is 2.58 bits per heavy atom. The third-order valence-corrected chi connectivity index (χ3v) is 1.36. The van der Waals surface area contributed by atoms with Crippen molar-refractivity contribution in [2.45, 2.75) is 6.92 Å². The monoisotopic (exact) mass is 163 g/mol. The molecule has 1 aromatic heterocycles. The third-order valence-electron chi connectivity index (χ3n) is 1.36. The molecule has 0 bridgehead atoms. The van der Waals surface area contributed by atoms with Gasteiger partial charge in [-0.2, -0.15) is 5.10 Å². The molecule has 0 radical (unpaired) electrons. The fourth-order valence-electron chi connectivity index (χ4n) is 0.765. The predicted octanol–water partition coefficient (Wildman–Crippen LogP) is 0.552. The average molecular weight is 163 g/mol. The molecule has 1 N–H and O–H groups in total. The van der Waals surface area contributed by atoms with Gasteiger partial charge >= 0.3 is 0 Å². The number of nitrogens with one attached hydrogen (secondary N) is 1. The van der Waals surface area contributed by atoms with E-state index >= 15 is 0 Å². The molecule has 62 valence electrons. The Hall–Kier alpha value is -1.71. The molecule has 1 rings (SSSR count). The van der Waals surface area contributed by atoms with Crippen molar-refractivity contribution in [1.82, 2.24) is 10.4 Å². The van der Waals surface area contributed by atoms with Crippen LogP contribution < -0.4 is 5.43 Å². The summed E-state index contributed by atoms with van der Waals surface area (Å²) in [5, 5.41) is 3.77. The minimum Gasteiger partial charge on any atom is -0.277 e. The van der Waals surface area contributed by atoms with Crippen LogP contribution in [0.15, 0.2) is 29.6 Å². The topological polar surface area (TPSA) is 54.4 Å². The Balaban J connectivity index is 2.77. The van der Waals surface area contributed by atoms with Crippen LogP contribution in [0.25, 0.3) is 0 Å². The van der Waals surface area contributed by atoms with Gasteiger partial charge < -0.3 is 0 Å². The van der Waals surface area contributed by atoms with E-state index in [0.29, 0.717) is 6.41 Å². The van der Waals surface area contributed by atoms with Crippen molar-refractivity contribution in [1.29, 1.82) is 0 Å². The molecule has 0 aliphatic heterocycles. The van der Waals surface area contributed by atoms with Crippen molar-refractivity contribution < 1.29 is 4.79 Å². The quantitative estimate of drug-likeness (QED) is 0.402. The lowest BCUT2D eigenvalue weighted by molar-refractivity contribution is -0.109. The fourth-order valence-corrected chi connectivity index (χ4v) is 0.765.